The quantitative estimate of drug-likeness (QED) is 0.664. The summed E-state index contributed by atoms with van der Waals surface area (Å²) >= 11 is 0.739. The summed E-state index contributed by atoms with van der Waals surface area (Å²) in [6, 6.07) is 0. The number of hydrogen-bond acceptors (Lipinski definition) is 0. The molecule has 0 nitrogen and oxygen atoms in total. The zero-order chi connectivity index (χ0) is 11.7. The summed E-state index contributed by atoms with van der Waals surface area (Å²) in [6.07, 6.45) is 2.56. The molecule has 86 valence electrons. The van der Waals surface area contributed by atoms with E-state index in [1.165, 1.54) is 12.8 Å². The van der Waals surface area contributed by atoms with Gasteiger partial charge in [-0.3, -0.25) is 0 Å². The Morgan fingerprint density at radius 3 is 2.00 bits per heavy atom. The van der Waals surface area contributed by atoms with Crippen molar-refractivity contribution in [2.24, 2.45) is 0 Å². The molecule has 0 aliphatic carbocycles. The molecule has 0 amide bonds. The van der Waals surface area contributed by atoms with E-state index >= 15 is 0 Å². The van der Waals surface area contributed by atoms with E-state index in [0.717, 1.165) is 14.0 Å². The molecule has 1 aromatic rings. The Bertz CT molecular complexity index is 296. The SMILES string of the molecule is CCC(C)(C)c1p[se]c(C(C)(C)CC)p1. The topological polar surface area (TPSA) is 0 Å². The summed E-state index contributed by atoms with van der Waals surface area (Å²) in [5, 5.41) is 1.77. The van der Waals surface area contributed by atoms with Gasteiger partial charge in [0.25, 0.3) is 0 Å². The van der Waals surface area contributed by atoms with Gasteiger partial charge in [0, 0.05) is 0 Å². The summed E-state index contributed by atoms with van der Waals surface area (Å²) in [5.41, 5.74) is 0.927. The van der Waals surface area contributed by atoms with Crippen LogP contribution in [0.25, 0.3) is 0 Å². The molecule has 1 rings (SSSR count). The van der Waals surface area contributed by atoms with Gasteiger partial charge in [0.05, 0.1) is 0 Å². The van der Waals surface area contributed by atoms with Crippen LogP contribution >= 0.6 is 15.0 Å². The van der Waals surface area contributed by atoms with Crippen LogP contribution in [0.5, 0.6) is 0 Å². The first-order valence-corrected chi connectivity index (χ1v) is 10.5. The summed E-state index contributed by atoms with van der Waals surface area (Å²) in [5.74, 6) is 0. The van der Waals surface area contributed by atoms with Crippen molar-refractivity contribution in [1.82, 2.24) is 0 Å². The van der Waals surface area contributed by atoms with Crippen LogP contribution in [0, 0.1) is 0 Å². The molecule has 0 unspecified atom stereocenters. The summed E-state index contributed by atoms with van der Waals surface area (Å²) < 4.78 is 1.82. The average Bonchev–Trinajstić information content (AvgIpc) is 2.67. The monoisotopic (exact) mass is 308 g/mol. The van der Waals surface area contributed by atoms with Gasteiger partial charge in [-0.25, -0.2) is 0 Å². The summed E-state index contributed by atoms with van der Waals surface area (Å²) in [6.45, 7) is 15.9. The standard InChI is InChI=1S/C12H22P2Se/c1-7-11(3,4)9-13-10(15-14-9)12(5,6)8-2/h7-8H2,1-6H3. The van der Waals surface area contributed by atoms with E-state index in [1.54, 1.807) is 20.1 Å². The van der Waals surface area contributed by atoms with Gasteiger partial charge in [0.2, 0.25) is 0 Å². The van der Waals surface area contributed by atoms with Crippen molar-refractivity contribution in [2.75, 3.05) is 0 Å². The van der Waals surface area contributed by atoms with E-state index in [9.17, 15) is 0 Å². The molecule has 0 spiro atoms. The molecular weight excluding hydrogens is 285 g/mol. The van der Waals surface area contributed by atoms with Gasteiger partial charge in [-0.15, -0.1) is 0 Å². The van der Waals surface area contributed by atoms with E-state index in [4.69, 9.17) is 0 Å². The molecular formula is C12H22P2Se. The summed E-state index contributed by atoms with van der Waals surface area (Å²) in [7, 11) is 1.59. The molecule has 15 heavy (non-hydrogen) atoms. The van der Waals surface area contributed by atoms with Crippen molar-refractivity contribution >= 4 is 29.1 Å². The van der Waals surface area contributed by atoms with Crippen LogP contribution < -0.4 is 0 Å². The zero-order valence-corrected chi connectivity index (χ0v) is 14.2. The van der Waals surface area contributed by atoms with Crippen LogP contribution in [0.3, 0.4) is 0 Å². The van der Waals surface area contributed by atoms with Gasteiger partial charge < -0.3 is 0 Å². The fraction of sp³-hybridized carbons (Fsp3) is 0.833. The molecule has 0 bridgehead atoms. The first kappa shape index (κ1) is 13.9. The third-order valence-corrected chi connectivity index (χ3v) is 13.4. The first-order chi connectivity index (χ1) is 6.83. The van der Waals surface area contributed by atoms with E-state index in [1.807, 2.05) is 4.17 Å². The Morgan fingerprint density at radius 2 is 1.53 bits per heavy atom. The molecule has 0 aliphatic heterocycles. The van der Waals surface area contributed by atoms with Crippen molar-refractivity contribution in [3.8, 4) is 0 Å². The second kappa shape index (κ2) is 5.01. The molecule has 1 aromatic heterocycles. The van der Waals surface area contributed by atoms with Crippen molar-refractivity contribution in [1.29, 1.82) is 0 Å². The van der Waals surface area contributed by atoms with Crippen molar-refractivity contribution in [3.05, 3.63) is 9.20 Å². The normalized spacial score (nSPS) is 14.3. The Labute approximate surface area is 103 Å². The number of hydrogen-bond donors (Lipinski definition) is 0. The maximum absolute atomic E-state index is 2.41. The molecule has 3 heteroatoms. The third-order valence-electron chi connectivity index (χ3n) is 3.38. The Hall–Kier alpha value is 0.859. The predicted molar refractivity (Wildman–Crippen MR) is 75.0 cm³/mol. The van der Waals surface area contributed by atoms with Gasteiger partial charge in [0.1, 0.15) is 0 Å². The molecule has 0 fully saturated rings. The second-order valence-electron chi connectivity index (χ2n) is 5.40. The third kappa shape index (κ3) is 3.17. The van der Waals surface area contributed by atoms with Crippen molar-refractivity contribution in [2.45, 2.75) is 65.2 Å². The van der Waals surface area contributed by atoms with Crippen LogP contribution in [-0.2, 0) is 10.8 Å². The second-order valence-corrected chi connectivity index (χ2v) is 11.5. The van der Waals surface area contributed by atoms with E-state index in [0.29, 0.717) is 10.8 Å². The molecule has 0 N–H and O–H groups in total. The predicted octanol–water partition coefficient (Wildman–Crippen LogP) is 5.28. The van der Waals surface area contributed by atoms with E-state index in [-0.39, 0.29) is 0 Å². The van der Waals surface area contributed by atoms with Crippen LogP contribution in [0.15, 0.2) is 0 Å². The molecule has 0 atom stereocenters. The fourth-order valence-electron chi connectivity index (χ4n) is 1.08. The number of rotatable bonds is 4. The van der Waals surface area contributed by atoms with Crippen molar-refractivity contribution in [3.63, 3.8) is 0 Å². The van der Waals surface area contributed by atoms with Gasteiger partial charge in [-0.1, -0.05) is 0 Å². The van der Waals surface area contributed by atoms with Crippen LogP contribution in [-0.4, -0.2) is 14.0 Å². The Balaban J connectivity index is 3.00. The Morgan fingerprint density at radius 1 is 1.00 bits per heavy atom. The molecule has 1 heterocycles. The van der Waals surface area contributed by atoms with Crippen LogP contribution in [0.4, 0.5) is 0 Å². The summed E-state index contributed by atoms with van der Waals surface area (Å²) in [4.78, 5) is 0. The average molecular weight is 307 g/mol. The fourth-order valence-corrected chi connectivity index (χ4v) is 12.0. The zero-order valence-electron chi connectivity index (χ0n) is 10.7. The molecule has 0 aromatic carbocycles. The Kier molecular flexibility index (Phi) is 4.65. The minimum absolute atomic E-state index is 0.455. The molecule has 0 saturated carbocycles. The maximum atomic E-state index is 2.41. The molecule has 0 saturated heterocycles. The molecule has 0 aliphatic rings. The van der Waals surface area contributed by atoms with Gasteiger partial charge in [-0.2, -0.15) is 0 Å². The van der Waals surface area contributed by atoms with Crippen LogP contribution in [0.1, 0.15) is 63.6 Å². The van der Waals surface area contributed by atoms with E-state index < -0.39 is 0 Å². The van der Waals surface area contributed by atoms with Crippen molar-refractivity contribution < 1.29 is 0 Å². The molecule has 0 radical (unpaired) electrons. The van der Waals surface area contributed by atoms with Crippen LogP contribution in [0.2, 0.25) is 0 Å². The minimum atomic E-state index is 0.455. The first-order valence-electron chi connectivity index (χ1n) is 5.68. The van der Waals surface area contributed by atoms with Gasteiger partial charge in [-0.05, 0) is 0 Å². The van der Waals surface area contributed by atoms with Gasteiger partial charge >= 0.3 is 103 Å². The van der Waals surface area contributed by atoms with E-state index in [2.05, 4.69) is 41.5 Å². The van der Waals surface area contributed by atoms with Gasteiger partial charge in [0.15, 0.2) is 0 Å².